The maximum atomic E-state index is 4.39. The molecule has 0 bridgehead atoms. The molecule has 0 aliphatic heterocycles. The van der Waals surface area contributed by atoms with E-state index in [1.807, 2.05) is 31.3 Å². The van der Waals surface area contributed by atoms with Gasteiger partial charge < -0.3 is 10.6 Å². The first-order valence-electron chi connectivity index (χ1n) is 6.86. The second kappa shape index (κ2) is 6.84. The van der Waals surface area contributed by atoms with Crippen LogP contribution in [-0.2, 0) is 6.54 Å². The van der Waals surface area contributed by atoms with Gasteiger partial charge in [-0.05, 0) is 24.5 Å². The van der Waals surface area contributed by atoms with Crippen molar-refractivity contribution >= 4 is 11.6 Å². The number of nitrogens with one attached hydrogen (secondary N) is 2. The molecule has 20 heavy (non-hydrogen) atoms. The number of hydrogen-bond donors (Lipinski definition) is 2. The van der Waals surface area contributed by atoms with Crippen LogP contribution in [0.1, 0.15) is 25.2 Å². The zero-order chi connectivity index (χ0) is 14.4. The first-order valence-corrected chi connectivity index (χ1v) is 6.86. The van der Waals surface area contributed by atoms with E-state index in [4.69, 9.17) is 0 Å². The highest BCUT2D eigenvalue weighted by atomic mass is 15.1. The Morgan fingerprint density at radius 3 is 2.55 bits per heavy atom. The second-order valence-corrected chi connectivity index (χ2v) is 5.18. The van der Waals surface area contributed by atoms with Gasteiger partial charge >= 0.3 is 0 Å². The molecule has 0 spiro atoms. The Morgan fingerprint density at radius 1 is 1.15 bits per heavy atom. The summed E-state index contributed by atoms with van der Waals surface area (Å²) < 4.78 is 0. The Morgan fingerprint density at radius 2 is 1.90 bits per heavy atom. The van der Waals surface area contributed by atoms with Gasteiger partial charge in [0.25, 0.3) is 0 Å². The number of rotatable bonds is 6. The van der Waals surface area contributed by atoms with Gasteiger partial charge in [0.15, 0.2) is 0 Å². The van der Waals surface area contributed by atoms with E-state index in [2.05, 4.69) is 39.4 Å². The molecule has 2 rings (SSSR count). The van der Waals surface area contributed by atoms with E-state index < -0.39 is 0 Å². The smallest absolute Gasteiger partial charge is 0.132 e. The summed E-state index contributed by atoms with van der Waals surface area (Å²) in [5, 5.41) is 6.62. The third-order valence-corrected chi connectivity index (χ3v) is 2.73. The minimum Gasteiger partial charge on any atom is -0.370 e. The lowest BCUT2D eigenvalue weighted by molar-refractivity contribution is 0.686. The highest BCUT2D eigenvalue weighted by Gasteiger charge is 2.02. The largest absolute Gasteiger partial charge is 0.370 e. The van der Waals surface area contributed by atoms with Crippen LogP contribution in [0.4, 0.5) is 11.6 Å². The van der Waals surface area contributed by atoms with Crippen LogP contribution in [0.2, 0.25) is 0 Å². The van der Waals surface area contributed by atoms with Gasteiger partial charge in [-0.25, -0.2) is 9.97 Å². The zero-order valence-electron chi connectivity index (χ0n) is 12.2. The SMILES string of the molecule is Cc1nc(NCc2cccnc2)cc(NCC(C)C)n1. The molecule has 0 fully saturated rings. The summed E-state index contributed by atoms with van der Waals surface area (Å²) in [5.74, 6) is 3.03. The normalized spacial score (nSPS) is 10.6. The van der Waals surface area contributed by atoms with Crippen LogP contribution in [0.3, 0.4) is 0 Å². The summed E-state index contributed by atoms with van der Waals surface area (Å²) >= 11 is 0. The molecule has 0 aliphatic carbocycles. The van der Waals surface area contributed by atoms with Gasteiger partial charge in [-0.1, -0.05) is 19.9 Å². The van der Waals surface area contributed by atoms with E-state index in [0.29, 0.717) is 12.5 Å². The molecule has 5 heteroatoms. The third kappa shape index (κ3) is 4.50. The van der Waals surface area contributed by atoms with E-state index in [9.17, 15) is 0 Å². The van der Waals surface area contributed by atoms with Gasteiger partial charge in [-0.2, -0.15) is 0 Å². The molecular weight excluding hydrogens is 250 g/mol. The van der Waals surface area contributed by atoms with Gasteiger partial charge in [0.1, 0.15) is 17.5 Å². The quantitative estimate of drug-likeness (QED) is 0.846. The predicted octanol–water partition coefficient (Wildman–Crippen LogP) is 2.86. The molecule has 2 heterocycles. The Kier molecular flexibility index (Phi) is 4.87. The standard InChI is InChI=1S/C15H21N5/c1-11(2)8-17-14-7-15(20-12(3)19-14)18-10-13-5-4-6-16-9-13/h4-7,9,11H,8,10H2,1-3H3,(H2,17,18,19,20). The predicted molar refractivity (Wildman–Crippen MR) is 81.7 cm³/mol. The fraction of sp³-hybridized carbons (Fsp3) is 0.400. The fourth-order valence-electron chi connectivity index (χ4n) is 1.75. The van der Waals surface area contributed by atoms with E-state index in [0.717, 1.165) is 29.6 Å². The lowest BCUT2D eigenvalue weighted by atomic mass is 10.2. The van der Waals surface area contributed by atoms with Crippen molar-refractivity contribution in [2.75, 3.05) is 17.2 Å². The topological polar surface area (TPSA) is 62.7 Å². The summed E-state index contributed by atoms with van der Waals surface area (Å²) in [6.45, 7) is 7.84. The number of pyridine rings is 1. The van der Waals surface area contributed by atoms with Crippen LogP contribution in [0, 0.1) is 12.8 Å². The van der Waals surface area contributed by atoms with E-state index in [1.54, 1.807) is 6.20 Å². The molecule has 0 saturated heterocycles. The summed E-state index contributed by atoms with van der Waals surface area (Å²) in [5.41, 5.74) is 1.13. The number of aromatic nitrogens is 3. The molecule has 0 aliphatic rings. The Hall–Kier alpha value is -2.17. The van der Waals surface area contributed by atoms with Crippen molar-refractivity contribution in [1.29, 1.82) is 0 Å². The molecule has 2 N–H and O–H groups in total. The first kappa shape index (κ1) is 14.2. The van der Waals surface area contributed by atoms with Gasteiger partial charge in [-0.3, -0.25) is 4.98 Å². The molecule has 2 aromatic rings. The number of anilines is 2. The van der Waals surface area contributed by atoms with Crippen LogP contribution < -0.4 is 10.6 Å². The summed E-state index contributed by atoms with van der Waals surface area (Å²) in [6, 6.07) is 5.90. The Labute approximate surface area is 119 Å². The molecular formula is C15H21N5. The van der Waals surface area contributed by atoms with Crippen molar-refractivity contribution in [2.24, 2.45) is 5.92 Å². The number of hydrogen-bond acceptors (Lipinski definition) is 5. The van der Waals surface area contributed by atoms with Crippen LogP contribution in [0.25, 0.3) is 0 Å². The van der Waals surface area contributed by atoms with Crippen molar-refractivity contribution in [1.82, 2.24) is 15.0 Å². The minimum atomic E-state index is 0.581. The van der Waals surface area contributed by atoms with Crippen molar-refractivity contribution < 1.29 is 0 Å². The van der Waals surface area contributed by atoms with Crippen LogP contribution >= 0.6 is 0 Å². The zero-order valence-corrected chi connectivity index (χ0v) is 12.2. The lowest BCUT2D eigenvalue weighted by Crippen LogP contribution is -2.11. The van der Waals surface area contributed by atoms with Crippen LogP contribution in [-0.4, -0.2) is 21.5 Å². The molecule has 0 unspecified atom stereocenters. The Balaban J connectivity index is 2.00. The highest BCUT2D eigenvalue weighted by molar-refractivity contribution is 5.47. The summed E-state index contributed by atoms with van der Waals surface area (Å²) in [7, 11) is 0. The van der Waals surface area contributed by atoms with Crippen LogP contribution in [0.15, 0.2) is 30.6 Å². The van der Waals surface area contributed by atoms with Crippen molar-refractivity contribution in [2.45, 2.75) is 27.3 Å². The molecule has 0 atom stereocenters. The van der Waals surface area contributed by atoms with E-state index >= 15 is 0 Å². The summed E-state index contributed by atoms with van der Waals surface area (Å²) in [4.78, 5) is 12.9. The van der Waals surface area contributed by atoms with Crippen molar-refractivity contribution in [3.05, 3.63) is 42.0 Å². The Bertz CT molecular complexity index is 539. The van der Waals surface area contributed by atoms with Gasteiger partial charge in [0.05, 0.1) is 0 Å². The van der Waals surface area contributed by atoms with Gasteiger partial charge in [-0.15, -0.1) is 0 Å². The molecule has 0 radical (unpaired) electrons. The average Bonchev–Trinajstić information content (AvgIpc) is 2.44. The van der Waals surface area contributed by atoms with E-state index in [-0.39, 0.29) is 0 Å². The van der Waals surface area contributed by atoms with Gasteiger partial charge in [0, 0.05) is 31.5 Å². The molecule has 0 aromatic carbocycles. The summed E-state index contributed by atoms with van der Waals surface area (Å²) in [6.07, 6.45) is 3.62. The van der Waals surface area contributed by atoms with Crippen molar-refractivity contribution in [3.63, 3.8) is 0 Å². The first-order chi connectivity index (χ1) is 9.63. The highest BCUT2D eigenvalue weighted by Crippen LogP contribution is 2.12. The number of nitrogens with zero attached hydrogens (tertiary/aromatic N) is 3. The molecule has 0 saturated carbocycles. The molecule has 5 nitrogen and oxygen atoms in total. The van der Waals surface area contributed by atoms with Crippen LogP contribution in [0.5, 0.6) is 0 Å². The maximum Gasteiger partial charge on any atom is 0.132 e. The molecule has 0 amide bonds. The van der Waals surface area contributed by atoms with E-state index in [1.165, 1.54) is 0 Å². The lowest BCUT2D eigenvalue weighted by Gasteiger charge is -2.11. The minimum absolute atomic E-state index is 0.581. The third-order valence-electron chi connectivity index (χ3n) is 2.73. The van der Waals surface area contributed by atoms with Gasteiger partial charge in [0.2, 0.25) is 0 Å². The second-order valence-electron chi connectivity index (χ2n) is 5.18. The molecule has 106 valence electrons. The number of aryl methyl sites for hydroxylation is 1. The molecule has 2 aromatic heterocycles. The monoisotopic (exact) mass is 271 g/mol. The fourth-order valence-corrected chi connectivity index (χ4v) is 1.75. The van der Waals surface area contributed by atoms with Crippen molar-refractivity contribution in [3.8, 4) is 0 Å². The average molecular weight is 271 g/mol. The maximum absolute atomic E-state index is 4.39.